The lowest BCUT2D eigenvalue weighted by Crippen LogP contribution is -2.37. The Morgan fingerprint density at radius 2 is 1.74 bits per heavy atom. The number of rotatable bonds is 6. The van der Waals surface area contributed by atoms with Crippen LogP contribution in [0, 0.1) is 0 Å². The maximum Gasteiger partial charge on any atom is 0.224 e. The minimum atomic E-state index is 0.0893. The lowest BCUT2D eigenvalue weighted by Gasteiger charge is -2.28. The van der Waals surface area contributed by atoms with Gasteiger partial charge in [0.05, 0.1) is 12.5 Å². The molecule has 0 bridgehead atoms. The molecule has 1 aliphatic heterocycles. The van der Waals surface area contributed by atoms with Crippen LogP contribution in [0.5, 0.6) is 0 Å². The highest BCUT2D eigenvalue weighted by Crippen LogP contribution is 2.25. The third kappa shape index (κ3) is 3.91. The summed E-state index contributed by atoms with van der Waals surface area (Å²) in [5, 5.41) is 4.35. The highest BCUT2D eigenvalue weighted by molar-refractivity contribution is 5.89. The smallest absolute Gasteiger partial charge is 0.224 e. The number of hydrogen-bond donors (Lipinski definition) is 1. The van der Waals surface area contributed by atoms with E-state index in [0.29, 0.717) is 13.0 Å². The monoisotopic (exact) mass is 361 g/mol. The number of nitrogens with one attached hydrogen (secondary N) is 1. The van der Waals surface area contributed by atoms with Gasteiger partial charge in [0.25, 0.3) is 0 Å². The van der Waals surface area contributed by atoms with E-state index in [0.717, 1.165) is 24.0 Å². The Morgan fingerprint density at radius 1 is 1.04 bits per heavy atom. The topological polar surface area (TPSA) is 37.3 Å². The molecule has 2 aromatic carbocycles. The molecule has 0 radical (unpaired) electrons. The molecule has 1 N–H and O–H groups in total. The fourth-order valence-corrected chi connectivity index (χ4v) is 4.20. The molecule has 4 heteroatoms. The van der Waals surface area contributed by atoms with E-state index in [4.69, 9.17) is 0 Å². The van der Waals surface area contributed by atoms with Gasteiger partial charge < -0.3 is 9.88 Å². The van der Waals surface area contributed by atoms with Crippen LogP contribution >= 0.6 is 0 Å². The molecule has 3 aromatic rings. The molecule has 0 aliphatic carbocycles. The highest BCUT2D eigenvalue weighted by Gasteiger charge is 2.24. The number of nitrogens with zero attached hydrogens (tertiary/aromatic N) is 2. The van der Waals surface area contributed by atoms with Crippen molar-refractivity contribution in [1.82, 2.24) is 14.8 Å². The maximum atomic E-state index is 12.7. The molecule has 1 fully saturated rings. The van der Waals surface area contributed by atoms with Gasteiger partial charge >= 0.3 is 0 Å². The van der Waals surface area contributed by atoms with E-state index in [9.17, 15) is 4.79 Å². The molecule has 1 saturated heterocycles. The Hall–Kier alpha value is -2.59. The zero-order valence-electron chi connectivity index (χ0n) is 15.9. The van der Waals surface area contributed by atoms with Crippen molar-refractivity contribution in [3.63, 3.8) is 0 Å². The number of likely N-dealkylation sites (tertiary alicyclic amines) is 1. The van der Waals surface area contributed by atoms with E-state index >= 15 is 0 Å². The number of hydrogen-bond acceptors (Lipinski definition) is 2. The van der Waals surface area contributed by atoms with Crippen molar-refractivity contribution >= 4 is 16.8 Å². The first-order valence-corrected chi connectivity index (χ1v) is 9.81. The van der Waals surface area contributed by atoms with Gasteiger partial charge in [0.15, 0.2) is 0 Å². The number of para-hydroxylation sites is 1. The van der Waals surface area contributed by atoms with E-state index < -0.39 is 0 Å². The Morgan fingerprint density at radius 3 is 2.52 bits per heavy atom. The van der Waals surface area contributed by atoms with Crippen molar-refractivity contribution in [2.75, 3.05) is 19.6 Å². The first kappa shape index (κ1) is 17.8. The van der Waals surface area contributed by atoms with Crippen molar-refractivity contribution in [3.05, 3.63) is 71.9 Å². The van der Waals surface area contributed by atoms with E-state index in [1.54, 1.807) is 0 Å². The second-order valence-electron chi connectivity index (χ2n) is 7.43. The third-order valence-corrected chi connectivity index (χ3v) is 5.59. The van der Waals surface area contributed by atoms with Crippen LogP contribution in [-0.4, -0.2) is 35.0 Å². The first-order chi connectivity index (χ1) is 13.2. The van der Waals surface area contributed by atoms with Gasteiger partial charge in [0, 0.05) is 30.7 Å². The van der Waals surface area contributed by atoms with Gasteiger partial charge in [-0.25, -0.2) is 0 Å². The molecule has 1 atom stereocenters. The predicted octanol–water partition coefficient (Wildman–Crippen LogP) is 3.67. The molecule has 27 heavy (non-hydrogen) atoms. The third-order valence-electron chi connectivity index (χ3n) is 5.59. The molecule has 1 unspecified atom stereocenters. The molecule has 1 aromatic heterocycles. The van der Waals surface area contributed by atoms with E-state index in [1.807, 2.05) is 25.2 Å². The minimum absolute atomic E-state index is 0.0893. The number of aromatic nitrogens is 1. The normalized spacial score (nSPS) is 15.9. The van der Waals surface area contributed by atoms with Crippen LogP contribution in [0.1, 0.15) is 30.0 Å². The van der Waals surface area contributed by atoms with Gasteiger partial charge in [-0.05, 0) is 43.1 Å². The molecule has 0 saturated carbocycles. The van der Waals surface area contributed by atoms with Gasteiger partial charge in [0.2, 0.25) is 5.91 Å². The molecular weight excluding hydrogens is 334 g/mol. The van der Waals surface area contributed by atoms with Gasteiger partial charge in [-0.3, -0.25) is 9.69 Å². The number of aryl methyl sites for hydroxylation is 1. The van der Waals surface area contributed by atoms with Gasteiger partial charge in [-0.1, -0.05) is 48.5 Å². The lowest BCUT2D eigenvalue weighted by molar-refractivity contribution is -0.120. The van der Waals surface area contributed by atoms with Gasteiger partial charge in [-0.2, -0.15) is 0 Å². The number of benzene rings is 2. The number of carbonyl (C=O) groups excluding carboxylic acids is 1. The Kier molecular flexibility index (Phi) is 5.26. The predicted molar refractivity (Wildman–Crippen MR) is 110 cm³/mol. The largest absolute Gasteiger partial charge is 0.354 e. The van der Waals surface area contributed by atoms with Gasteiger partial charge in [-0.15, -0.1) is 0 Å². The zero-order valence-corrected chi connectivity index (χ0v) is 15.9. The van der Waals surface area contributed by atoms with E-state index in [2.05, 4.69) is 57.4 Å². The Labute approximate surface area is 160 Å². The summed E-state index contributed by atoms with van der Waals surface area (Å²) in [6.45, 7) is 2.88. The summed E-state index contributed by atoms with van der Waals surface area (Å²) >= 11 is 0. The second-order valence-corrected chi connectivity index (χ2v) is 7.43. The van der Waals surface area contributed by atoms with Crippen molar-refractivity contribution < 1.29 is 4.79 Å². The van der Waals surface area contributed by atoms with Crippen LogP contribution in [-0.2, 0) is 18.3 Å². The summed E-state index contributed by atoms with van der Waals surface area (Å²) in [7, 11) is 2.03. The molecule has 0 spiro atoms. The maximum absolute atomic E-state index is 12.7. The Bertz CT molecular complexity index is 910. The first-order valence-electron chi connectivity index (χ1n) is 9.81. The molecule has 1 amide bonds. The van der Waals surface area contributed by atoms with Crippen LogP contribution < -0.4 is 5.32 Å². The van der Waals surface area contributed by atoms with E-state index in [-0.39, 0.29) is 11.9 Å². The van der Waals surface area contributed by atoms with Crippen LogP contribution in [0.25, 0.3) is 10.9 Å². The molecule has 1 aliphatic rings. The van der Waals surface area contributed by atoms with Crippen molar-refractivity contribution in [2.45, 2.75) is 25.3 Å². The second kappa shape index (κ2) is 7.97. The minimum Gasteiger partial charge on any atom is -0.354 e. The lowest BCUT2D eigenvalue weighted by atomic mass is 10.1. The number of fused-ring (bicyclic) bond motifs is 1. The van der Waals surface area contributed by atoms with Crippen LogP contribution in [0.3, 0.4) is 0 Å². The quantitative estimate of drug-likeness (QED) is 0.727. The average Bonchev–Trinajstić information content (AvgIpc) is 3.32. The van der Waals surface area contributed by atoms with Crippen molar-refractivity contribution in [2.24, 2.45) is 7.05 Å². The summed E-state index contributed by atoms with van der Waals surface area (Å²) < 4.78 is 2.09. The summed E-state index contributed by atoms with van der Waals surface area (Å²) in [5.74, 6) is 0.0893. The Balaban J connectivity index is 1.45. The SMILES string of the molecule is Cn1cc(CC(=O)NCC(c2ccccc2)N2CCCC2)c2ccccc21. The van der Waals surface area contributed by atoms with Crippen LogP contribution in [0.15, 0.2) is 60.8 Å². The molecule has 4 nitrogen and oxygen atoms in total. The molecule has 2 heterocycles. The summed E-state index contributed by atoms with van der Waals surface area (Å²) in [6, 6.07) is 19.0. The zero-order chi connectivity index (χ0) is 18.6. The summed E-state index contributed by atoms with van der Waals surface area (Å²) in [5.41, 5.74) is 3.53. The van der Waals surface area contributed by atoms with E-state index in [1.165, 1.54) is 23.9 Å². The molecular formula is C23H27N3O. The van der Waals surface area contributed by atoms with Crippen molar-refractivity contribution in [1.29, 1.82) is 0 Å². The van der Waals surface area contributed by atoms with Crippen LogP contribution in [0.2, 0.25) is 0 Å². The summed E-state index contributed by atoms with van der Waals surface area (Å²) in [6.07, 6.45) is 4.98. The van der Waals surface area contributed by atoms with Gasteiger partial charge in [0.1, 0.15) is 0 Å². The molecule has 4 rings (SSSR count). The number of carbonyl (C=O) groups is 1. The fraction of sp³-hybridized carbons (Fsp3) is 0.348. The van der Waals surface area contributed by atoms with Crippen LogP contribution in [0.4, 0.5) is 0 Å². The number of amides is 1. The highest BCUT2D eigenvalue weighted by atomic mass is 16.1. The average molecular weight is 361 g/mol. The standard InChI is InChI=1S/C23H27N3O/c1-25-17-19(20-11-5-6-12-21(20)25)15-23(27)24-16-22(26-13-7-8-14-26)18-9-3-2-4-10-18/h2-6,9-12,17,22H,7-8,13-16H2,1H3,(H,24,27). The van der Waals surface area contributed by atoms with Crippen molar-refractivity contribution in [3.8, 4) is 0 Å². The summed E-state index contributed by atoms with van der Waals surface area (Å²) in [4.78, 5) is 15.2. The fourth-order valence-electron chi connectivity index (χ4n) is 4.20. The molecule has 140 valence electrons.